The molecule has 11 heteroatoms. The third-order valence-corrected chi connectivity index (χ3v) is 9.89. The number of thiophene rings is 1. The molecule has 190 valence electrons. The Labute approximate surface area is 209 Å². The van der Waals surface area contributed by atoms with Crippen molar-refractivity contribution < 1.29 is 27.9 Å². The van der Waals surface area contributed by atoms with Gasteiger partial charge in [0.05, 0.1) is 12.7 Å². The lowest BCUT2D eigenvalue weighted by molar-refractivity contribution is -0.129. The lowest BCUT2D eigenvalue weighted by atomic mass is 9.88. The number of nitrogens with zero attached hydrogens (tertiary/aromatic N) is 2. The summed E-state index contributed by atoms with van der Waals surface area (Å²) in [6.07, 6.45) is 4.83. The Balaban J connectivity index is 0.000000179. The summed E-state index contributed by atoms with van der Waals surface area (Å²) < 4.78 is 32.3. The quantitative estimate of drug-likeness (QED) is 0.597. The van der Waals surface area contributed by atoms with Crippen molar-refractivity contribution in [2.75, 3.05) is 13.1 Å². The first kappa shape index (κ1) is 25.8. The molecule has 1 saturated carbocycles. The van der Waals surface area contributed by atoms with Gasteiger partial charge in [-0.25, -0.2) is 13.2 Å². The second-order valence-electron chi connectivity index (χ2n) is 9.06. The molecule has 2 fully saturated rings. The molecule has 0 radical (unpaired) electrons. The van der Waals surface area contributed by atoms with Crippen molar-refractivity contribution >= 4 is 33.0 Å². The maximum atomic E-state index is 12.4. The second-order valence-corrected chi connectivity index (χ2v) is 12.2. The Hall–Kier alpha value is -2.31. The van der Waals surface area contributed by atoms with Crippen molar-refractivity contribution in [2.24, 2.45) is 10.9 Å². The number of carbonyl (C=O) groups is 1. The summed E-state index contributed by atoms with van der Waals surface area (Å²) in [5.41, 5.74) is 6.49. The second kappa shape index (κ2) is 11.2. The van der Waals surface area contributed by atoms with Crippen LogP contribution < -0.4 is 5.73 Å². The Morgan fingerprint density at radius 3 is 2.51 bits per heavy atom. The first-order valence-electron chi connectivity index (χ1n) is 11.7. The highest BCUT2D eigenvalue weighted by molar-refractivity contribution is 7.91. The van der Waals surface area contributed by atoms with Crippen LogP contribution in [-0.4, -0.2) is 60.3 Å². The molecular formula is C24H31N3O6S2. The molecule has 2 aromatic rings. The number of oxime groups is 1. The fourth-order valence-electron chi connectivity index (χ4n) is 4.52. The Morgan fingerprint density at radius 1 is 1.20 bits per heavy atom. The van der Waals surface area contributed by atoms with Gasteiger partial charge in [0.2, 0.25) is 0 Å². The molecule has 1 aromatic carbocycles. The summed E-state index contributed by atoms with van der Waals surface area (Å²) >= 11 is 1.19. The highest BCUT2D eigenvalue weighted by atomic mass is 32.2. The predicted molar refractivity (Wildman–Crippen MR) is 133 cm³/mol. The first-order chi connectivity index (χ1) is 16.8. The monoisotopic (exact) mass is 521 g/mol. The number of hydrogen-bond acceptors (Lipinski definition) is 8. The van der Waals surface area contributed by atoms with Crippen LogP contribution in [0.1, 0.15) is 44.1 Å². The third kappa shape index (κ3) is 6.28. The molecule has 0 amide bonds. The van der Waals surface area contributed by atoms with Crippen molar-refractivity contribution in [2.45, 2.75) is 67.1 Å². The van der Waals surface area contributed by atoms with Crippen LogP contribution in [0.15, 0.2) is 57.2 Å². The van der Waals surface area contributed by atoms with Gasteiger partial charge < -0.3 is 20.4 Å². The number of ether oxygens (including phenoxy) is 1. The number of piperidine rings is 1. The molecule has 5 rings (SSSR count). The number of benzene rings is 1. The van der Waals surface area contributed by atoms with Gasteiger partial charge >= 0.3 is 5.97 Å². The molecule has 2 unspecified atom stereocenters. The van der Waals surface area contributed by atoms with Crippen LogP contribution in [0, 0.1) is 0 Å². The minimum atomic E-state index is -3.45. The van der Waals surface area contributed by atoms with Gasteiger partial charge in [-0.3, -0.25) is 0 Å². The minimum absolute atomic E-state index is 0.00423. The molecule has 3 heterocycles. The van der Waals surface area contributed by atoms with Crippen molar-refractivity contribution in [3.63, 3.8) is 0 Å². The van der Waals surface area contributed by atoms with Crippen LogP contribution in [0.5, 0.6) is 0 Å². The van der Waals surface area contributed by atoms with Crippen LogP contribution in [0.25, 0.3) is 0 Å². The number of rotatable bonds is 6. The smallest absolute Gasteiger partial charge is 0.353 e. The fourth-order valence-corrected chi connectivity index (χ4v) is 7.10. The summed E-state index contributed by atoms with van der Waals surface area (Å²) in [4.78, 5) is 16.2. The van der Waals surface area contributed by atoms with E-state index in [1.54, 1.807) is 17.5 Å². The number of sulfonamides is 1. The maximum Gasteiger partial charge on any atom is 0.353 e. The minimum Gasteiger partial charge on any atom is -0.477 e. The summed E-state index contributed by atoms with van der Waals surface area (Å²) in [5.74, 6) is -1.08. The van der Waals surface area contributed by atoms with Gasteiger partial charge in [-0.15, -0.1) is 11.3 Å². The number of carboxylic acid groups (broad SMARTS) is 1. The van der Waals surface area contributed by atoms with E-state index in [-0.39, 0.29) is 24.3 Å². The zero-order valence-electron chi connectivity index (χ0n) is 19.4. The molecule has 9 nitrogen and oxygen atoms in total. The zero-order valence-corrected chi connectivity index (χ0v) is 21.0. The first-order valence-corrected chi connectivity index (χ1v) is 14.0. The SMILES string of the molecule is NC1CCCC1OCc1ccccc1.O=C(O)C1=NOC2(CCN(S(=O)(=O)c3cccs3)CC2)C1. The molecule has 0 bridgehead atoms. The van der Waals surface area contributed by atoms with Crippen molar-refractivity contribution in [3.05, 3.63) is 53.4 Å². The van der Waals surface area contributed by atoms with Crippen molar-refractivity contribution in [1.82, 2.24) is 4.31 Å². The van der Waals surface area contributed by atoms with Crippen molar-refractivity contribution in [1.29, 1.82) is 0 Å². The average molecular weight is 522 g/mol. The van der Waals surface area contributed by atoms with E-state index in [1.807, 2.05) is 18.2 Å². The topological polar surface area (TPSA) is 132 Å². The van der Waals surface area contributed by atoms with E-state index in [0.29, 0.717) is 36.7 Å². The van der Waals surface area contributed by atoms with Crippen LogP contribution in [0.2, 0.25) is 0 Å². The van der Waals surface area contributed by atoms with Crippen LogP contribution in [-0.2, 0) is 31.0 Å². The molecule has 2 atom stereocenters. The predicted octanol–water partition coefficient (Wildman–Crippen LogP) is 3.22. The van der Waals surface area contributed by atoms with Gasteiger partial charge in [0.1, 0.15) is 9.81 Å². The molecular weight excluding hydrogens is 490 g/mol. The number of nitrogens with two attached hydrogens (primary N) is 1. The van der Waals surface area contributed by atoms with E-state index >= 15 is 0 Å². The summed E-state index contributed by atoms with van der Waals surface area (Å²) in [6, 6.07) is 13.8. The molecule has 1 aromatic heterocycles. The standard InChI is InChI=1S/C12H14N2O5S2.C12H17NO/c15-11(16)9-8-12(19-13-9)3-5-14(6-4-12)21(17,18)10-2-1-7-20-10;13-11-7-4-8-12(11)14-9-10-5-2-1-3-6-10/h1-2,7H,3-6,8H2,(H,15,16);1-3,5-6,11-12H,4,7-9,13H2. The van der Waals surface area contributed by atoms with Gasteiger partial charge in [0.25, 0.3) is 10.0 Å². The van der Waals surface area contributed by atoms with Crippen molar-refractivity contribution in [3.8, 4) is 0 Å². The van der Waals surface area contributed by atoms with Gasteiger partial charge in [-0.05, 0) is 36.3 Å². The highest BCUT2D eigenvalue weighted by Gasteiger charge is 2.46. The molecule has 3 N–H and O–H groups in total. The summed E-state index contributed by atoms with van der Waals surface area (Å²) in [5, 5.41) is 14.2. The lowest BCUT2D eigenvalue weighted by Crippen LogP contribution is -2.46. The molecule has 35 heavy (non-hydrogen) atoms. The maximum absolute atomic E-state index is 12.4. The molecule has 1 spiro atoms. The van der Waals surface area contributed by atoms with E-state index < -0.39 is 21.6 Å². The Kier molecular flexibility index (Phi) is 8.23. The number of aliphatic carboxylic acids is 1. The van der Waals surface area contributed by atoms with E-state index in [2.05, 4.69) is 17.3 Å². The normalized spacial score (nSPS) is 23.9. The zero-order chi connectivity index (χ0) is 24.9. The molecule has 3 aliphatic rings. The van der Waals surface area contributed by atoms with Gasteiger partial charge in [0, 0.05) is 38.4 Å². The van der Waals surface area contributed by atoms with Crippen LogP contribution in [0.3, 0.4) is 0 Å². The van der Waals surface area contributed by atoms with E-state index in [1.165, 1.54) is 27.6 Å². The Morgan fingerprint density at radius 2 is 1.94 bits per heavy atom. The highest BCUT2D eigenvalue weighted by Crippen LogP contribution is 2.36. The largest absolute Gasteiger partial charge is 0.477 e. The molecule has 2 aliphatic heterocycles. The molecule has 1 aliphatic carbocycles. The summed E-state index contributed by atoms with van der Waals surface area (Å²) in [7, 11) is -3.45. The molecule has 1 saturated heterocycles. The third-order valence-electron chi connectivity index (χ3n) is 6.62. The average Bonchev–Trinajstić information content (AvgIpc) is 3.62. The van der Waals surface area contributed by atoms with E-state index in [0.717, 1.165) is 12.8 Å². The number of hydrogen-bond donors (Lipinski definition) is 2. The van der Waals surface area contributed by atoms with E-state index in [4.69, 9.17) is 20.4 Å². The van der Waals surface area contributed by atoms with Gasteiger partial charge in [-0.2, -0.15) is 4.31 Å². The lowest BCUT2D eigenvalue weighted by Gasteiger charge is -2.36. The van der Waals surface area contributed by atoms with E-state index in [9.17, 15) is 13.2 Å². The fraction of sp³-hybridized carbons (Fsp3) is 0.500. The van der Waals surface area contributed by atoms with Gasteiger partial charge in [-0.1, -0.05) is 41.6 Å². The number of carboxylic acids is 1. The van der Waals surface area contributed by atoms with Crippen LogP contribution >= 0.6 is 11.3 Å². The van der Waals surface area contributed by atoms with Gasteiger partial charge in [0.15, 0.2) is 5.71 Å². The summed E-state index contributed by atoms with van der Waals surface area (Å²) in [6.45, 7) is 1.31. The Bertz CT molecular complexity index is 1110. The van der Waals surface area contributed by atoms with Crippen LogP contribution in [0.4, 0.5) is 0 Å².